The van der Waals surface area contributed by atoms with Crippen LogP contribution in [0, 0.1) is 30.9 Å². The first-order chi connectivity index (χ1) is 14.8. The number of carbonyl (C=O) groups is 1. The molecule has 0 spiro atoms. The third kappa shape index (κ3) is 3.79. The lowest BCUT2D eigenvalue weighted by molar-refractivity contribution is -0.384. The Labute approximate surface area is 183 Å². The molecule has 160 valence electrons. The van der Waals surface area contributed by atoms with Gasteiger partial charge in [-0.25, -0.2) is 4.79 Å². The van der Waals surface area contributed by atoms with E-state index in [0.29, 0.717) is 11.3 Å². The molecule has 1 aliphatic carbocycles. The van der Waals surface area contributed by atoms with Gasteiger partial charge in [0, 0.05) is 40.2 Å². The summed E-state index contributed by atoms with van der Waals surface area (Å²) in [6.45, 7) is 5.71. The molecule has 1 aliphatic rings. The van der Waals surface area contributed by atoms with Gasteiger partial charge >= 0.3 is 5.97 Å². The molecule has 1 aromatic carbocycles. The van der Waals surface area contributed by atoms with Crippen LogP contribution in [0.2, 0.25) is 0 Å². The number of non-ortho nitro benzene ring substituents is 1. The largest absolute Gasteiger partial charge is 0.478 e. The van der Waals surface area contributed by atoms with Gasteiger partial charge in [0.1, 0.15) is 5.00 Å². The van der Waals surface area contributed by atoms with Gasteiger partial charge in [0.2, 0.25) is 0 Å². The molecule has 1 N–H and O–H groups in total. The third-order valence-corrected chi connectivity index (χ3v) is 7.05. The number of hydrogen-bond donors (Lipinski definition) is 1. The molecule has 0 unspecified atom stereocenters. The number of aryl methyl sites for hydroxylation is 3. The van der Waals surface area contributed by atoms with Crippen LogP contribution in [0.25, 0.3) is 5.00 Å². The van der Waals surface area contributed by atoms with Crippen LogP contribution in [0.15, 0.2) is 29.3 Å². The number of aromatic carboxylic acids is 1. The maximum atomic E-state index is 12.1. The Hall–Kier alpha value is -3.26. The quantitative estimate of drug-likeness (QED) is 0.314. The van der Waals surface area contributed by atoms with Crippen molar-refractivity contribution < 1.29 is 14.8 Å². The summed E-state index contributed by atoms with van der Waals surface area (Å²) in [6, 6.07) is 6.58. The lowest BCUT2D eigenvalue weighted by Crippen LogP contribution is -2.09. The predicted molar refractivity (Wildman–Crippen MR) is 122 cm³/mol. The minimum Gasteiger partial charge on any atom is -0.478 e. The Morgan fingerprint density at radius 2 is 1.97 bits per heavy atom. The highest BCUT2D eigenvalue weighted by Gasteiger charge is 2.27. The van der Waals surface area contributed by atoms with Gasteiger partial charge in [-0.05, 0) is 69.7 Å². The normalized spacial score (nSPS) is 13.5. The van der Waals surface area contributed by atoms with E-state index in [1.165, 1.54) is 17.0 Å². The number of aromatic nitrogens is 1. The number of carboxylic acid groups (broad SMARTS) is 1. The topological polar surface area (TPSA) is 97.7 Å². The molecule has 0 atom stereocenters. The number of hydrogen-bond acceptors (Lipinski definition) is 5. The van der Waals surface area contributed by atoms with E-state index in [1.54, 1.807) is 30.5 Å². The smallest absolute Gasteiger partial charge is 0.339 e. The zero-order valence-corrected chi connectivity index (χ0v) is 18.5. The minimum absolute atomic E-state index is 0.0393. The summed E-state index contributed by atoms with van der Waals surface area (Å²) in [4.78, 5) is 28.3. The molecule has 0 aliphatic heterocycles. The monoisotopic (exact) mass is 437 g/mol. The Kier molecular flexibility index (Phi) is 5.49. The molecule has 0 bridgehead atoms. The second-order valence-electron chi connectivity index (χ2n) is 7.84. The standard InChI is InChI=1S/C23H23N3O4S/c1-13-10-17(26(29)30)8-9-19(13)24-12-16-11-14(2)25(15(16)3)22-21(23(27)28)18-6-4-5-7-20(18)31-22/h8-12H,4-7H2,1-3H3,(H,27,28). The summed E-state index contributed by atoms with van der Waals surface area (Å²) < 4.78 is 2.01. The van der Waals surface area contributed by atoms with E-state index in [-0.39, 0.29) is 5.69 Å². The number of aliphatic imine (C=N–C) groups is 1. The van der Waals surface area contributed by atoms with Crippen LogP contribution in [0.1, 0.15) is 56.2 Å². The predicted octanol–water partition coefficient (Wildman–Crippen LogP) is 5.70. The number of nitro groups is 1. The fourth-order valence-corrected chi connectivity index (χ4v) is 5.69. The molecular weight excluding hydrogens is 414 g/mol. The zero-order valence-electron chi connectivity index (χ0n) is 17.6. The molecule has 0 saturated carbocycles. The fraction of sp³-hybridized carbons (Fsp3) is 0.304. The van der Waals surface area contributed by atoms with Crippen molar-refractivity contribution in [2.24, 2.45) is 4.99 Å². The van der Waals surface area contributed by atoms with E-state index in [9.17, 15) is 20.0 Å². The number of carboxylic acids is 1. The third-order valence-electron chi connectivity index (χ3n) is 5.77. The van der Waals surface area contributed by atoms with Crippen molar-refractivity contribution in [1.82, 2.24) is 4.57 Å². The number of fused-ring (bicyclic) bond motifs is 1. The number of nitro benzene ring substituents is 1. The fourth-order valence-electron chi connectivity index (χ4n) is 4.20. The van der Waals surface area contributed by atoms with E-state index in [4.69, 9.17) is 0 Å². The SMILES string of the molecule is Cc1cc([N+](=O)[O-])ccc1N=Cc1cc(C)n(-c2sc3c(c2C(=O)O)CCCC3)c1C. The van der Waals surface area contributed by atoms with Crippen LogP contribution < -0.4 is 0 Å². The van der Waals surface area contributed by atoms with Crippen molar-refractivity contribution in [3.63, 3.8) is 0 Å². The second-order valence-corrected chi connectivity index (χ2v) is 8.93. The highest BCUT2D eigenvalue weighted by Crippen LogP contribution is 2.38. The van der Waals surface area contributed by atoms with Gasteiger partial charge in [0.25, 0.3) is 5.69 Å². The molecule has 7 nitrogen and oxygen atoms in total. The minimum atomic E-state index is -0.876. The summed E-state index contributed by atoms with van der Waals surface area (Å²) in [5.41, 5.74) is 5.59. The molecule has 0 radical (unpaired) electrons. The van der Waals surface area contributed by atoms with Crippen LogP contribution in [-0.4, -0.2) is 26.8 Å². The van der Waals surface area contributed by atoms with E-state index in [0.717, 1.165) is 58.8 Å². The molecule has 4 rings (SSSR count). The van der Waals surface area contributed by atoms with Crippen LogP contribution >= 0.6 is 11.3 Å². The van der Waals surface area contributed by atoms with Crippen molar-refractivity contribution in [2.75, 3.05) is 0 Å². The van der Waals surface area contributed by atoms with Crippen LogP contribution in [0.3, 0.4) is 0 Å². The van der Waals surface area contributed by atoms with Crippen LogP contribution in [0.5, 0.6) is 0 Å². The van der Waals surface area contributed by atoms with Gasteiger partial charge in [-0.15, -0.1) is 11.3 Å². The van der Waals surface area contributed by atoms with Gasteiger partial charge < -0.3 is 9.67 Å². The van der Waals surface area contributed by atoms with Gasteiger partial charge in [-0.3, -0.25) is 15.1 Å². The molecule has 0 fully saturated rings. The second kappa shape index (κ2) is 8.11. The molecule has 2 aromatic heterocycles. The maximum absolute atomic E-state index is 12.1. The summed E-state index contributed by atoms with van der Waals surface area (Å²) in [7, 11) is 0. The first-order valence-electron chi connectivity index (χ1n) is 10.1. The highest BCUT2D eigenvalue weighted by atomic mass is 32.1. The molecule has 0 saturated heterocycles. The molecule has 3 aromatic rings. The summed E-state index contributed by atoms with van der Waals surface area (Å²) in [6.07, 6.45) is 5.62. The zero-order chi connectivity index (χ0) is 22.3. The lowest BCUT2D eigenvalue weighted by atomic mass is 9.95. The van der Waals surface area contributed by atoms with Crippen molar-refractivity contribution >= 4 is 34.9 Å². The van der Waals surface area contributed by atoms with Gasteiger partial charge in [-0.2, -0.15) is 0 Å². The summed E-state index contributed by atoms with van der Waals surface area (Å²) >= 11 is 1.58. The summed E-state index contributed by atoms with van der Waals surface area (Å²) in [5, 5.41) is 21.6. The van der Waals surface area contributed by atoms with Crippen LogP contribution in [0.4, 0.5) is 11.4 Å². The average molecular weight is 438 g/mol. The molecule has 2 heterocycles. The lowest BCUT2D eigenvalue weighted by Gasteiger charge is -2.11. The van der Waals surface area contributed by atoms with Crippen molar-refractivity contribution in [2.45, 2.75) is 46.5 Å². The molecule has 8 heteroatoms. The number of benzene rings is 1. The van der Waals surface area contributed by atoms with E-state index in [2.05, 4.69) is 4.99 Å². The first-order valence-corrected chi connectivity index (χ1v) is 11.0. The van der Waals surface area contributed by atoms with Crippen LogP contribution in [-0.2, 0) is 12.8 Å². The Balaban J connectivity index is 1.74. The Morgan fingerprint density at radius 1 is 1.23 bits per heavy atom. The molecular formula is C23H23N3O4S. The molecule has 0 amide bonds. The molecule has 31 heavy (non-hydrogen) atoms. The Morgan fingerprint density at radius 3 is 2.65 bits per heavy atom. The van der Waals surface area contributed by atoms with Crippen molar-refractivity contribution in [3.8, 4) is 5.00 Å². The Bertz CT molecular complexity index is 1240. The van der Waals surface area contributed by atoms with E-state index in [1.807, 2.05) is 24.5 Å². The number of nitrogens with zero attached hydrogens (tertiary/aromatic N) is 3. The summed E-state index contributed by atoms with van der Waals surface area (Å²) in [5.74, 6) is -0.876. The van der Waals surface area contributed by atoms with Crippen molar-refractivity contribution in [1.29, 1.82) is 0 Å². The first kappa shape index (κ1) is 21.0. The maximum Gasteiger partial charge on any atom is 0.339 e. The van der Waals surface area contributed by atoms with E-state index < -0.39 is 10.9 Å². The van der Waals surface area contributed by atoms with Gasteiger partial charge in [0.05, 0.1) is 16.2 Å². The van der Waals surface area contributed by atoms with Gasteiger partial charge in [-0.1, -0.05) is 0 Å². The van der Waals surface area contributed by atoms with E-state index >= 15 is 0 Å². The number of rotatable bonds is 5. The highest BCUT2D eigenvalue weighted by molar-refractivity contribution is 7.15. The number of thiophene rings is 1. The average Bonchev–Trinajstić information content (AvgIpc) is 3.23. The van der Waals surface area contributed by atoms with Crippen molar-refractivity contribution in [3.05, 3.63) is 72.9 Å². The van der Waals surface area contributed by atoms with Gasteiger partial charge in [0.15, 0.2) is 0 Å².